The Bertz CT molecular complexity index is 1650. The van der Waals surface area contributed by atoms with E-state index in [0.717, 1.165) is 17.5 Å². The first-order valence-electron chi connectivity index (χ1n) is 13.0. The molecule has 43 heavy (non-hydrogen) atoms. The minimum absolute atomic E-state index is 0. The maximum Gasteiger partial charge on any atom is 0.615 e. The molecule has 14 nitrogen and oxygen atoms in total. The van der Waals surface area contributed by atoms with Crippen LogP contribution in [0, 0.1) is 5.92 Å². The summed E-state index contributed by atoms with van der Waals surface area (Å²) in [7, 11) is -11.2. The summed E-state index contributed by atoms with van der Waals surface area (Å²) in [5.41, 5.74) is 0.926. The van der Waals surface area contributed by atoms with Crippen LogP contribution < -0.4 is 19.9 Å². The number of hydrogen-bond acceptors (Lipinski definition) is 10. The van der Waals surface area contributed by atoms with Gasteiger partial charge in [-0.1, -0.05) is 51.1 Å². The van der Waals surface area contributed by atoms with Crippen LogP contribution in [0.5, 0.6) is 11.5 Å². The van der Waals surface area contributed by atoms with Gasteiger partial charge in [-0.2, -0.15) is 16.8 Å². The van der Waals surface area contributed by atoms with Crippen LogP contribution in [-0.2, 0) is 31.5 Å². The molecule has 1 aliphatic heterocycles. The number of carbonyl (C=O) groups excluding carboxylic acids is 2. The molecule has 2 aromatic carbocycles. The van der Waals surface area contributed by atoms with Crippen LogP contribution in [0.25, 0.3) is 0 Å². The molecule has 1 aliphatic rings. The molecule has 0 radical (unpaired) electrons. The topological polar surface area (TPSA) is 211 Å². The minimum Gasteiger partial charge on any atom is -0.522 e. The molecule has 234 valence electrons. The summed E-state index contributed by atoms with van der Waals surface area (Å²) in [5.74, 6) is -1.32. The van der Waals surface area contributed by atoms with Crippen molar-refractivity contribution < 1.29 is 47.7 Å². The van der Waals surface area contributed by atoms with Crippen LogP contribution in [0.2, 0.25) is 0 Å². The van der Waals surface area contributed by atoms with Crippen LogP contribution in [0.1, 0.15) is 46.1 Å². The first-order chi connectivity index (χ1) is 20.1. The zero-order valence-electron chi connectivity index (χ0n) is 23.5. The van der Waals surface area contributed by atoms with Gasteiger partial charge in [-0.15, -0.1) is 0 Å². The van der Waals surface area contributed by atoms with Crippen molar-refractivity contribution in [3.8, 4) is 11.5 Å². The number of nitrogens with one attached hydrogen (secondary N) is 2. The summed E-state index contributed by atoms with van der Waals surface area (Å²) in [6.07, 6.45) is 4.25. The van der Waals surface area contributed by atoms with E-state index < -0.39 is 66.5 Å². The summed E-state index contributed by atoms with van der Waals surface area (Å²) in [4.78, 5) is 31.6. The first kappa shape index (κ1) is 33.4. The predicted molar refractivity (Wildman–Crippen MR) is 159 cm³/mol. The van der Waals surface area contributed by atoms with Crippen LogP contribution in [0.3, 0.4) is 0 Å². The third kappa shape index (κ3) is 10.0. The van der Waals surface area contributed by atoms with Gasteiger partial charge >= 0.3 is 7.12 Å². The van der Waals surface area contributed by atoms with Crippen LogP contribution >= 0.6 is 0 Å². The Labute approximate surface area is 252 Å². The van der Waals surface area contributed by atoms with Crippen molar-refractivity contribution in [3.63, 3.8) is 0 Å². The van der Waals surface area contributed by atoms with Crippen LogP contribution in [0.15, 0.2) is 70.8 Å². The number of rotatable bonds is 10. The zero-order chi connectivity index (χ0) is 31.8. The smallest absolute Gasteiger partial charge is 0.522 e. The monoisotopic (exact) mass is 638 g/mol. The number of benzene rings is 2. The van der Waals surface area contributed by atoms with Gasteiger partial charge in [0.2, 0.25) is 5.91 Å². The fourth-order valence-electron chi connectivity index (χ4n) is 3.66. The number of aryl methyl sites for hydroxylation is 1. The maximum absolute atomic E-state index is 13.1. The Morgan fingerprint density at radius 2 is 1.67 bits per heavy atom. The lowest BCUT2D eigenvalue weighted by Crippen LogP contribution is -2.50. The molecule has 0 bridgehead atoms. The van der Waals surface area contributed by atoms with Gasteiger partial charge in [-0.25, -0.2) is 4.98 Å². The van der Waals surface area contributed by atoms with E-state index in [2.05, 4.69) is 41.4 Å². The van der Waals surface area contributed by atoms with Gasteiger partial charge in [0.1, 0.15) is 22.4 Å². The fourth-order valence-corrected chi connectivity index (χ4v) is 4.91. The lowest BCUT2D eigenvalue weighted by molar-refractivity contribution is -0.122. The molecule has 1 aromatic heterocycles. The Kier molecular flexibility index (Phi) is 11.2. The van der Waals surface area contributed by atoms with Gasteiger partial charge in [-0.05, 0) is 30.4 Å². The van der Waals surface area contributed by atoms with Crippen molar-refractivity contribution in [1.29, 1.82) is 0 Å². The highest BCUT2D eigenvalue weighted by Gasteiger charge is 2.38. The zero-order valence-corrected chi connectivity index (χ0v) is 25.1. The first-order valence-corrected chi connectivity index (χ1v) is 15.9. The molecule has 3 aromatic rings. The van der Waals surface area contributed by atoms with E-state index >= 15 is 0 Å². The van der Waals surface area contributed by atoms with Crippen molar-refractivity contribution in [3.05, 3.63) is 72.3 Å². The largest absolute Gasteiger partial charge is 0.615 e. The molecule has 0 spiro atoms. The summed E-state index contributed by atoms with van der Waals surface area (Å²) in [5, 5.41) is 5.14. The van der Waals surface area contributed by atoms with E-state index in [0.29, 0.717) is 12.5 Å². The van der Waals surface area contributed by atoms with Crippen molar-refractivity contribution in [2.24, 2.45) is 5.92 Å². The second-order valence-electron chi connectivity index (χ2n) is 9.98. The van der Waals surface area contributed by atoms with Crippen molar-refractivity contribution in [2.45, 2.75) is 49.4 Å². The average molecular weight is 639 g/mol. The molecule has 0 aliphatic carbocycles. The molecule has 1 atom stereocenters. The molecule has 0 saturated heterocycles. The summed E-state index contributed by atoms with van der Waals surface area (Å²) in [6, 6.07) is 9.54. The molecule has 0 saturated carbocycles. The van der Waals surface area contributed by atoms with Crippen molar-refractivity contribution in [1.82, 2.24) is 20.6 Å². The Balaban J connectivity index is 0.00000159. The van der Waals surface area contributed by atoms with Crippen molar-refractivity contribution in [2.75, 3.05) is 6.44 Å². The second-order valence-corrected chi connectivity index (χ2v) is 12.8. The number of amides is 2. The molecule has 4 rings (SSSR count). The molecular weight excluding hydrogens is 603 g/mol. The van der Waals surface area contributed by atoms with E-state index in [1.54, 1.807) is 0 Å². The number of carbonyl (C=O) groups is 2. The summed E-state index contributed by atoms with van der Waals surface area (Å²) >= 11 is 0. The summed E-state index contributed by atoms with van der Waals surface area (Å²) in [6.45, 7) is 6.50. The van der Waals surface area contributed by atoms with Crippen LogP contribution in [-0.4, -0.2) is 67.3 Å². The van der Waals surface area contributed by atoms with Gasteiger partial charge in [-0.3, -0.25) is 23.7 Å². The highest BCUT2D eigenvalue weighted by Crippen LogP contribution is 2.41. The molecule has 4 N–H and O–H groups in total. The van der Waals surface area contributed by atoms with Gasteiger partial charge < -0.3 is 19.9 Å². The normalized spacial score (nSPS) is 13.1. The minimum atomic E-state index is -4.98. The quantitative estimate of drug-likeness (QED) is 0.186. The number of aromatic nitrogens is 2. The number of hydrogen-bond donors (Lipinski definition) is 4. The fraction of sp³-hybridized carbons (Fsp3) is 0.308. The molecule has 2 amide bonds. The van der Waals surface area contributed by atoms with E-state index in [9.17, 15) is 35.5 Å². The molecule has 0 unspecified atom stereocenters. The molecular formula is C26H35BN4O10S2. The Morgan fingerprint density at radius 1 is 1.00 bits per heavy atom. The maximum atomic E-state index is 13.1. The third-order valence-electron chi connectivity index (χ3n) is 5.50. The van der Waals surface area contributed by atoms with Crippen LogP contribution in [0.4, 0.5) is 0 Å². The van der Waals surface area contributed by atoms with E-state index in [-0.39, 0.29) is 21.4 Å². The van der Waals surface area contributed by atoms with E-state index in [4.69, 9.17) is 9.31 Å². The lowest BCUT2D eigenvalue weighted by Gasteiger charge is -2.18. The Morgan fingerprint density at radius 3 is 2.26 bits per heavy atom. The highest BCUT2D eigenvalue weighted by atomic mass is 32.2. The van der Waals surface area contributed by atoms with E-state index in [1.165, 1.54) is 18.6 Å². The average Bonchev–Trinajstić information content (AvgIpc) is 3.36. The molecule has 0 fully saturated rings. The highest BCUT2D eigenvalue weighted by molar-refractivity contribution is 7.86. The van der Waals surface area contributed by atoms with Gasteiger partial charge in [0.05, 0.1) is 17.5 Å². The van der Waals surface area contributed by atoms with Gasteiger partial charge in [0.25, 0.3) is 26.1 Å². The van der Waals surface area contributed by atoms with Gasteiger partial charge in [0.15, 0.2) is 5.75 Å². The van der Waals surface area contributed by atoms with Crippen molar-refractivity contribution >= 4 is 39.2 Å². The lowest BCUT2D eigenvalue weighted by atomic mass is 9.90. The predicted octanol–water partition coefficient (Wildman–Crippen LogP) is 2.47. The molecule has 17 heteroatoms. The Hall–Kier alpha value is -4.06. The standard InChI is InChI=1S/C22H21BN4O10S2.C4H10.2H2/c28-21(16(7-6-14-4-2-1-3-5-14)27-22(29)17-12-24-8-9-25-17)26-13-23-36-18-10-15(38(30,31)32)11-19(20(18)37-23)39(33,34)35;1-4(2)3;;/h1-5,8-12,16H,6-7,13H2,(H,26,28)(H,27,29)(H,30,31,32)(H,33,34,35);4H,1-3H3;2*1H/t16-;;;/m0.../s1. The SMILES string of the molecule is CC(C)C.O=C(N[C@@H](CCc1ccccc1)C(=O)NCB1Oc2cc(S(=O)(=O)O)cc(S(=O)(=O)O)c2O1)c1cnccn1.[HH].[HH]. The number of fused-ring (bicyclic) bond motifs is 1. The summed E-state index contributed by atoms with van der Waals surface area (Å²) < 4.78 is 76.1. The number of nitrogens with zero attached hydrogens (tertiary/aromatic N) is 2. The van der Waals surface area contributed by atoms with Gasteiger partial charge in [0, 0.05) is 21.3 Å². The third-order valence-corrected chi connectivity index (χ3v) is 7.19. The van der Waals surface area contributed by atoms with E-state index in [1.807, 2.05) is 30.3 Å². The molecule has 2 heterocycles. The second kappa shape index (κ2) is 14.4.